The van der Waals surface area contributed by atoms with Gasteiger partial charge in [0, 0.05) is 4.60 Å². The Bertz CT molecular complexity index is 145. The van der Waals surface area contributed by atoms with E-state index >= 15 is 0 Å². The molecule has 0 aliphatic heterocycles. The molecule has 1 heterocycles. The number of halogens is 2. The van der Waals surface area contributed by atoms with Crippen molar-refractivity contribution >= 4 is 29.6 Å². The van der Waals surface area contributed by atoms with E-state index in [1.54, 1.807) is 12.3 Å². The average molecular weight is 302 g/mol. The van der Waals surface area contributed by atoms with E-state index in [4.69, 9.17) is 0 Å². The van der Waals surface area contributed by atoms with Crippen LogP contribution in [0.4, 0.5) is 0 Å². The molecule has 0 aliphatic carbocycles. The zero-order chi connectivity index (χ0) is 7.11. The van der Waals surface area contributed by atoms with Crippen LogP contribution in [-0.4, -0.2) is 4.98 Å². The van der Waals surface area contributed by atoms with Crippen molar-refractivity contribution in [2.75, 3.05) is 0 Å². The molecule has 0 amide bonds. The first kappa shape index (κ1) is 9.73. The summed E-state index contributed by atoms with van der Waals surface area (Å²) in [5.74, 6) is 0. The minimum absolute atomic E-state index is 0.853. The molecule has 4 heteroatoms. The summed E-state index contributed by atoms with van der Waals surface area (Å²) in [6.45, 7) is 0. The molecule has 0 radical (unpaired) electrons. The number of hydrogen-bond donors (Lipinski definition) is 0. The molecule has 1 aromatic heterocycles. The van der Waals surface area contributed by atoms with E-state index in [2.05, 4.69) is 40.6 Å². The molecule has 1 aromatic rings. The molecule has 44 valence electrons. The summed E-state index contributed by atoms with van der Waals surface area (Å²) in [5, 5.41) is 0. The van der Waals surface area contributed by atoms with Crippen LogP contribution in [-0.2, 0) is 16.3 Å². The monoisotopic (exact) mass is 299 g/mol. The van der Waals surface area contributed by atoms with Gasteiger partial charge in [-0.05, 0) is 0 Å². The summed E-state index contributed by atoms with van der Waals surface area (Å²) in [5.41, 5.74) is 0. The Balaban J connectivity index is 0.000000291. The van der Waals surface area contributed by atoms with Crippen LogP contribution >= 0.6 is 29.6 Å². The first-order chi connectivity index (χ1) is 4.39. The molecule has 0 bridgehead atoms. The first-order valence-electron chi connectivity index (χ1n) is 2.14. The fourth-order valence-electron chi connectivity index (χ4n) is 0.302. The van der Waals surface area contributed by atoms with Crippen LogP contribution < -0.4 is 0 Å². The Kier molecular flexibility index (Phi) is 7.41. The van der Waals surface area contributed by atoms with Crippen LogP contribution in [0.25, 0.3) is 0 Å². The van der Waals surface area contributed by atoms with Crippen molar-refractivity contribution < 1.29 is 16.3 Å². The SMILES string of the molecule is Brc1cc[c-]cn1.[Zn+][Br]. The Morgan fingerprint density at radius 2 is 2.22 bits per heavy atom. The van der Waals surface area contributed by atoms with E-state index in [1.165, 1.54) is 16.3 Å². The fraction of sp³-hybridized carbons (Fsp3) is 0. The quantitative estimate of drug-likeness (QED) is 0.408. The molecule has 0 N–H and O–H groups in total. The van der Waals surface area contributed by atoms with Crippen molar-refractivity contribution in [3.63, 3.8) is 0 Å². The second-order valence-electron chi connectivity index (χ2n) is 1.08. The normalized spacial score (nSPS) is 7.56. The summed E-state index contributed by atoms with van der Waals surface area (Å²) < 4.78 is 0.853. The van der Waals surface area contributed by atoms with Gasteiger partial charge in [0.1, 0.15) is 0 Å². The van der Waals surface area contributed by atoms with Gasteiger partial charge in [-0.1, -0.05) is 22.1 Å². The van der Waals surface area contributed by atoms with E-state index in [-0.39, 0.29) is 0 Å². The molecule has 0 spiro atoms. The topological polar surface area (TPSA) is 12.9 Å². The number of nitrogens with zero attached hydrogens (tertiary/aromatic N) is 1. The van der Waals surface area contributed by atoms with Gasteiger partial charge in [-0.25, -0.2) is 12.1 Å². The predicted molar refractivity (Wildman–Crippen MR) is 39.7 cm³/mol. The molecule has 0 unspecified atom stereocenters. The molecule has 1 rings (SSSR count). The van der Waals surface area contributed by atoms with E-state index in [0.29, 0.717) is 0 Å². The molecule has 0 saturated heterocycles. The standard InChI is InChI=1S/C5H3BrN.BrH.Zn/c6-5-3-1-2-4-7-5;;/h1,3-4H;1H;/q-1;;+2/p-1. The predicted octanol–water partition coefficient (Wildman–Crippen LogP) is 2.49. The Hall–Kier alpha value is 0.733. The zero-order valence-corrected chi connectivity index (χ0v) is 10.8. The minimum atomic E-state index is 0.853. The molecule has 0 saturated carbocycles. The fourth-order valence-corrected chi connectivity index (χ4v) is 0.536. The van der Waals surface area contributed by atoms with Gasteiger partial charge in [0.2, 0.25) is 0 Å². The van der Waals surface area contributed by atoms with Crippen molar-refractivity contribution in [2.24, 2.45) is 0 Å². The third-order valence-corrected chi connectivity index (χ3v) is 1.05. The van der Waals surface area contributed by atoms with Crippen molar-refractivity contribution in [3.8, 4) is 0 Å². The molecule has 1 nitrogen and oxygen atoms in total. The summed E-state index contributed by atoms with van der Waals surface area (Å²) >= 11 is 7.43. The number of aromatic nitrogens is 1. The molecular formula is C5H3Br2NZn. The van der Waals surface area contributed by atoms with E-state index in [1.807, 2.05) is 6.07 Å². The van der Waals surface area contributed by atoms with Gasteiger partial charge in [0.15, 0.2) is 0 Å². The molecule has 0 aliphatic rings. The van der Waals surface area contributed by atoms with Gasteiger partial charge in [-0.15, -0.1) is 0 Å². The van der Waals surface area contributed by atoms with Crippen LogP contribution in [0, 0.1) is 6.07 Å². The Morgan fingerprint density at radius 1 is 1.56 bits per heavy atom. The summed E-state index contributed by atoms with van der Waals surface area (Å²) in [4.78, 5) is 3.84. The Labute approximate surface area is 79.4 Å². The molecule has 9 heavy (non-hydrogen) atoms. The zero-order valence-electron chi connectivity index (χ0n) is 4.64. The number of rotatable bonds is 0. The molecule has 0 aromatic carbocycles. The van der Waals surface area contributed by atoms with Crippen LogP contribution in [0.3, 0.4) is 0 Å². The van der Waals surface area contributed by atoms with Crippen LogP contribution in [0.15, 0.2) is 22.9 Å². The van der Waals surface area contributed by atoms with E-state index < -0.39 is 0 Å². The van der Waals surface area contributed by atoms with Gasteiger partial charge in [-0.2, -0.15) is 6.07 Å². The van der Waals surface area contributed by atoms with Gasteiger partial charge < -0.3 is 0 Å². The average Bonchev–Trinajstić information content (AvgIpc) is 1.94. The van der Waals surface area contributed by atoms with Gasteiger partial charge in [0.25, 0.3) is 0 Å². The molecular weight excluding hydrogens is 299 g/mol. The first-order valence-corrected chi connectivity index (χ1v) is 9.88. The van der Waals surface area contributed by atoms with Gasteiger partial charge in [-0.3, -0.25) is 4.98 Å². The maximum atomic E-state index is 3.84. The molecule has 0 fully saturated rings. The summed E-state index contributed by atoms with van der Waals surface area (Å²) in [7, 11) is 0. The second kappa shape index (κ2) is 6.85. The number of pyridine rings is 1. The van der Waals surface area contributed by atoms with Crippen LogP contribution in [0.1, 0.15) is 0 Å². The van der Waals surface area contributed by atoms with Gasteiger partial charge in [0.05, 0.1) is 0 Å². The van der Waals surface area contributed by atoms with Crippen LogP contribution in [0.2, 0.25) is 0 Å². The Morgan fingerprint density at radius 3 is 2.44 bits per heavy atom. The summed E-state index contributed by atoms with van der Waals surface area (Å²) in [6.07, 6.45) is 1.62. The maximum absolute atomic E-state index is 3.84. The van der Waals surface area contributed by atoms with Crippen molar-refractivity contribution in [1.29, 1.82) is 0 Å². The van der Waals surface area contributed by atoms with Crippen LogP contribution in [0.5, 0.6) is 0 Å². The summed E-state index contributed by atoms with van der Waals surface area (Å²) in [6, 6.07) is 6.43. The van der Waals surface area contributed by atoms with Gasteiger partial charge >= 0.3 is 30.0 Å². The van der Waals surface area contributed by atoms with Crippen molar-refractivity contribution in [3.05, 3.63) is 29.0 Å². The third-order valence-electron chi connectivity index (χ3n) is 0.580. The second-order valence-corrected chi connectivity index (χ2v) is 1.89. The number of hydrogen-bond acceptors (Lipinski definition) is 1. The molecule has 0 atom stereocenters. The van der Waals surface area contributed by atoms with Crippen molar-refractivity contribution in [1.82, 2.24) is 4.98 Å². The third kappa shape index (κ3) is 5.19. The van der Waals surface area contributed by atoms with E-state index in [9.17, 15) is 0 Å². The van der Waals surface area contributed by atoms with E-state index in [0.717, 1.165) is 4.60 Å². The van der Waals surface area contributed by atoms with Crippen molar-refractivity contribution in [2.45, 2.75) is 0 Å².